The van der Waals surface area contributed by atoms with Gasteiger partial charge < -0.3 is 9.26 Å². The van der Waals surface area contributed by atoms with Crippen LogP contribution < -0.4 is 0 Å². The average molecular weight is 198 g/mol. The smallest absolute Gasteiger partial charge is 0.315 e. The number of aromatic nitrogens is 2. The second-order valence-electron chi connectivity index (χ2n) is 3.12. The van der Waals surface area contributed by atoms with E-state index in [1.807, 2.05) is 13.8 Å². The lowest BCUT2D eigenvalue weighted by molar-refractivity contribution is -0.147. The molecule has 0 fully saturated rings. The molecule has 78 valence electrons. The molecule has 14 heavy (non-hydrogen) atoms. The monoisotopic (exact) mass is 198 g/mol. The van der Waals surface area contributed by atoms with Crippen molar-refractivity contribution in [1.82, 2.24) is 10.1 Å². The molecule has 0 bridgehead atoms. The highest BCUT2D eigenvalue weighted by atomic mass is 16.5. The van der Waals surface area contributed by atoms with Crippen molar-refractivity contribution in [2.75, 3.05) is 0 Å². The summed E-state index contributed by atoms with van der Waals surface area (Å²) >= 11 is 0. The van der Waals surface area contributed by atoms with Crippen LogP contribution in [0.5, 0.6) is 0 Å². The molecule has 0 amide bonds. The Balaban J connectivity index is 2.41. The van der Waals surface area contributed by atoms with Crippen molar-refractivity contribution in [1.29, 1.82) is 0 Å². The maximum Gasteiger partial charge on any atom is 0.315 e. The summed E-state index contributed by atoms with van der Waals surface area (Å²) in [5.74, 6) is 0.496. The lowest BCUT2D eigenvalue weighted by atomic mass is 10.3. The lowest BCUT2D eigenvalue weighted by Gasteiger charge is -2.08. The molecule has 0 saturated carbocycles. The Bertz CT molecular complexity index is 309. The number of carbonyl (C=O) groups excluding carboxylic acids is 1. The summed E-state index contributed by atoms with van der Waals surface area (Å²) in [6.07, 6.45) is 0.784. The fourth-order valence-corrected chi connectivity index (χ4v) is 0.885. The number of carbonyl (C=O) groups is 1. The zero-order chi connectivity index (χ0) is 10.6. The van der Waals surface area contributed by atoms with Gasteiger partial charge >= 0.3 is 5.97 Å². The van der Waals surface area contributed by atoms with E-state index in [0.717, 1.165) is 6.42 Å². The fraction of sp³-hybridized carbons (Fsp3) is 0.667. The minimum Gasteiger partial charge on any atom is -0.462 e. The summed E-state index contributed by atoms with van der Waals surface area (Å²) in [6.45, 7) is 5.50. The van der Waals surface area contributed by atoms with Gasteiger partial charge in [-0.1, -0.05) is 12.1 Å². The normalized spacial score (nSPS) is 12.5. The molecule has 1 heterocycles. The van der Waals surface area contributed by atoms with Gasteiger partial charge in [-0.3, -0.25) is 4.79 Å². The van der Waals surface area contributed by atoms with Gasteiger partial charge in [0.05, 0.1) is 6.10 Å². The minimum atomic E-state index is -0.331. The van der Waals surface area contributed by atoms with Gasteiger partial charge in [0.2, 0.25) is 5.89 Å². The van der Waals surface area contributed by atoms with Crippen LogP contribution in [0, 0.1) is 6.92 Å². The number of aryl methyl sites for hydroxylation is 1. The van der Waals surface area contributed by atoms with Gasteiger partial charge in [-0.25, -0.2) is 0 Å². The fourth-order valence-electron chi connectivity index (χ4n) is 0.885. The van der Waals surface area contributed by atoms with Crippen LogP contribution in [0.4, 0.5) is 0 Å². The number of esters is 1. The van der Waals surface area contributed by atoms with Crippen LogP contribution >= 0.6 is 0 Å². The van der Waals surface area contributed by atoms with E-state index in [2.05, 4.69) is 10.1 Å². The van der Waals surface area contributed by atoms with E-state index in [9.17, 15) is 4.79 Å². The maximum absolute atomic E-state index is 11.2. The topological polar surface area (TPSA) is 65.2 Å². The molecule has 0 aliphatic carbocycles. The van der Waals surface area contributed by atoms with Gasteiger partial charge in [-0.2, -0.15) is 4.98 Å². The number of hydrogen-bond acceptors (Lipinski definition) is 5. The first-order valence-corrected chi connectivity index (χ1v) is 4.60. The molecule has 0 N–H and O–H groups in total. The predicted molar refractivity (Wildman–Crippen MR) is 48.6 cm³/mol. The molecule has 5 nitrogen and oxygen atoms in total. The molecule has 1 atom stereocenters. The Morgan fingerprint density at radius 3 is 2.86 bits per heavy atom. The summed E-state index contributed by atoms with van der Waals surface area (Å²) in [5.41, 5.74) is 0. The summed E-state index contributed by atoms with van der Waals surface area (Å²) in [7, 11) is 0. The van der Waals surface area contributed by atoms with Crippen LogP contribution in [0.25, 0.3) is 0 Å². The van der Waals surface area contributed by atoms with Crippen LogP contribution in [0.1, 0.15) is 32.0 Å². The summed E-state index contributed by atoms with van der Waals surface area (Å²) in [6, 6.07) is 0. The molecule has 1 rings (SSSR count). The quantitative estimate of drug-likeness (QED) is 0.681. The third-order valence-corrected chi connectivity index (χ3v) is 1.77. The van der Waals surface area contributed by atoms with Crippen molar-refractivity contribution < 1.29 is 14.1 Å². The van der Waals surface area contributed by atoms with Crippen molar-refractivity contribution in [3.63, 3.8) is 0 Å². The molecule has 1 aromatic heterocycles. The van der Waals surface area contributed by atoms with E-state index in [-0.39, 0.29) is 18.5 Å². The zero-order valence-corrected chi connectivity index (χ0v) is 8.61. The summed E-state index contributed by atoms with van der Waals surface area (Å²) < 4.78 is 9.83. The second kappa shape index (κ2) is 4.74. The maximum atomic E-state index is 11.2. The SMILES string of the molecule is CCC(C)OC(=O)Cc1nc(C)no1. The standard InChI is InChI=1S/C9H14N2O3/c1-4-6(2)13-9(12)5-8-10-7(3)11-14-8/h6H,4-5H2,1-3H3. The van der Waals surface area contributed by atoms with Crippen molar-refractivity contribution in [3.8, 4) is 0 Å². The van der Waals surface area contributed by atoms with Crippen molar-refractivity contribution in [3.05, 3.63) is 11.7 Å². The van der Waals surface area contributed by atoms with E-state index in [1.165, 1.54) is 0 Å². The van der Waals surface area contributed by atoms with E-state index in [4.69, 9.17) is 9.26 Å². The average Bonchev–Trinajstić information content (AvgIpc) is 2.50. The Morgan fingerprint density at radius 2 is 2.36 bits per heavy atom. The molecule has 0 aliphatic rings. The Morgan fingerprint density at radius 1 is 1.64 bits per heavy atom. The van der Waals surface area contributed by atoms with Gasteiger partial charge in [0.25, 0.3) is 0 Å². The van der Waals surface area contributed by atoms with Crippen LogP contribution in [0.15, 0.2) is 4.52 Å². The second-order valence-corrected chi connectivity index (χ2v) is 3.12. The van der Waals surface area contributed by atoms with E-state index in [1.54, 1.807) is 6.92 Å². The van der Waals surface area contributed by atoms with E-state index >= 15 is 0 Å². The van der Waals surface area contributed by atoms with E-state index < -0.39 is 0 Å². The van der Waals surface area contributed by atoms with Crippen molar-refractivity contribution in [2.45, 2.75) is 39.7 Å². The first-order chi connectivity index (χ1) is 6.61. The van der Waals surface area contributed by atoms with Gasteiger partial charge in [0.1, 0.15) is 6.42 Å². The third-order valence-electron chi connectivity index (χ3n) is 1.77. The molecule has 0 aromatic carbocycles. The number of hydrogen-bond donors (Lipinski definition) is 0. The van der Waals surface area contributed by atoms with Gasteiger partial charge in [-0.15, -0.1) is 0 Å². The highest BCUT2D eigenvalue weighted by Crippen LogP contribution is 2.02. The van der Waals surface area contributed by atoms with Crippen molar-refractivity contribution >= 4 is 5.97 Å². The van der Waals surface area contributed by atoms with E-state index in [0.29, 0.717) is 11.7 Å². The Labute approximate surface area is 82.4 Å². The van der Waals surface area contributed by atoms with Gasteiger partial charge in [0.15, 0.2) is 5.82 Å². The third kappa shape index (κ3) is 3.16. The molecule has 0 radical (unpaired) electrons. The number of nitrogens with zero attached hydrogens (tertiary/aromatic N) is 2. The molecular formula is C9H14N2O3. The summed E-state index contributed by atoms with van der Waals surface area (Å²) in [5, 5.41) is 3.58. The molecule has 1 aromatic rings. The highest BCUT2D eigenvalue weighted by Gasteiger charge is 2.12. The van der Waals surface area contributed by atoms with Crippen LogP contribution in [-0.2, 0) is 16.0 Å². The first kappa shape index (κ1) is 10.7. The van der Waals surface area contributed by atoms with Crippen LogP contribution in [0.2, 0.25) is 0 Å². The Hall–Kier alpha value is -1.39. The zero-order valence-electron chi connectivity index (χ0n) is 8.61. The molecular weight excluding hydrogens is 184 g/mol. The molecule has 1 unspecified atom stereocenters. The number of rotatable bonds is 4. The Kier molecular flexibility index (Phi) is 3.62. The van der Waals surface area contributed by atoms with Crippen molar-refractivity contribution in [2.24, 2.45) is 0 Å². The van der Waals surface area contributed by atoms with Gasteiger partial charge in [0, 0.05) is 0 Å². The largest absolute Gasteiger partial charge is 0.462 e. The predicted octanol–water partition coefficient (Wildman–Crippen LogP) is 1.26. The number of ether oxygens (including phenoxy) is 1. The van der Waals surface area contributed by atoms with Crippen LogP contribution in [0.3, 0.4) is 0 Å². The molecule has 0 saturated heterocycles. The highest BCUT2D eigenvalue weighted by molar-refractivity contribution is 5.71. The molecule has 0 aliphatic heterocycles. The minimum absolute atomic E-state index is 0.0468. The van der Waals surface area contributed by atoms with Crippen LogP contribution in [-0.4, -0.2) is 22.2 Å². The molecule has 5 heteroatoms. The molecule has 0 spiro atoms. The van der Waals surface area contributed by atoms with Gasteiger partial charge in [-0.05, 0) is 20.3 Å². The first-order valence-electron chi connectivity index (χ1n) is 4.60. The lowest BCUT2D eigenvalue weighted by Crippen LogP contribution is -2.15. The summed E-state index contributed by atoms with van der Waals surface area (Å²) in [4.78, 5) is 15.1.